The van der Waals surface area contributed by atoms with E-state index in [0.717, 1.165) is 56.6 Å². The minimum Gasteiger partial charge on any atom is -0.294 e. The molecule has 0 spiro atoms. The average molecular weight is 415 g/mol. The van der Waals surface area contributed by atoms with E-state index in [1.54, 1.807) is 28.6 Å². The first kappa shape index (κ1) is 20.4. The Bertz CT molecular complexity index is 902. The highest BCUT2D eigenvalue weighted by atomic mass is 32.2. The Labute approximate surface area is 174 Å². The number of benzene rings is 1. The summed E-state index contributed by atoms with van der Waals surface area (Å²) in [7, 11) is -3.44. The van der Waals surface area contributed by atoms with E-state index in [4.69, 9.17) is 0 Å². The molecule has 2 saturated heterocycles. The summed E-state index contributed by atoms with van der Waals surface area (Å²) in [6.45, 7) is 5.09. The molecule has 29 heavy (non-hydrogen) atoms. The molecule has 2 fully saturated rings. The van der Waals surface area contributed by atoms with Gasteiger partial charge in [-0.2, -0.15) is 4.31 Å². The van der Waals surface area contributed by atoms with Crippen LogP contribution in [0.3, 0.4) is 0 Å². The Morgan fingerprint density at radius 3 is 2.55 bits per heavy atom. The van der Waals surface area contributed by atoms with Crippen LogP contribution in [0.5, 0.6) is 0 Å². The molecule has 0 radical (unpaired) electrons. The van der Waals surface area contributed by atoms with Gasteiger partial charge in [0.1, 0.15) is 5.82 Å². The van der Waals surface area contributed by atoms with Crippen molar-refractivity contribution in [3.63, 3.8) is 0 Å². The van der Waals surface area contributed by atoms with Crippen LogP contribution >= 0.6 is 0 Å². The van der Waals surface area contributed by atoms with Crippen molar-refractivity contribution in [3.05, 3.63) is 54.1 Å². The highest BCUT2D eigenvalue weighted by Gasteiger charge is 2.42. The topological polar surface area (TPSA) is 66.4 Å². The third-order valence-corrected chi connectivity index (χ3v) is 7.96. The second kappa shape index (κ2) is 8.90. The van der Waals surface area contributed by atoms with Crippen LogP contribution in [0.4, 0.5) is 0 Å². The van der Waals surface area contributed by atoms with Crippen LogP contribution in [0.2, 0.25) is 0 Å². The lowest BCUT2D eigenvalue weighted by atomic mass is 9.98. The van der Waals surface area contributed by atoms with Gasteiger partial charge in [-0.15, -0.1) is 0 Å². The van der Waals surface area contributed by atoms with Gasteiger partial charge in [0, 0.05) is 50.1 Å². The minimum atomic E-state index is -3.44. The van der Waals surface area contributed by atoms with Crippen LogP contribution in [-0.4, -0.2) is 53.3 Å². The van der Waals surface area contributed by atoms with Crippen LogP contribution in [0.1, 0.15) is 44.0 Å². The monoisotopic (exact) mass is 414 g/mol. The molecule has 0 saturated carbocycles. The normalized spacial score (nSPS) is 23.6. The van der Waals surface area contributed by atoms with E-state index in [9.17, 15) is 8.42 Å². The molecule has 1 aromatic carbocycles. The number of likely N-dealkylation sites (tertiary alicyclic amines) is 1. The van der Waals surface area contributed by atoms with E-state index in [0.29, 0.717) is 23.9 Å². The van der Waals surface area contributed by atoms with E-state index in [1.807, 2.05) is 18.5 Å². The van der Waals surface area contributed by atoms with Crippen molar-refractivity contribution in [3.8, 4) is 0 Å². The minimum absolute atomic E-state index is 0.256. The van der Waals surface area contributed by atoms with E-state index in [2.05, 4.69) is 21.8 Å². The molecule has 0 aliphatic carbocycles. The number of fused-ring (bicyclic) bond motifs is 1. The molecule has 7 heteroatoms. The highest BCUT2D eigenvalue weighted by Crippen LogP contribution is 2.33. The Hall–Kier alpha value is -1.83. The Kier molecular flexibility index (Phi) is 6.27. The summed E-state index contributed by atoms with van der Waals surface area (Å²) in [5, 5.41) is 0. The largest absolute Gasteiger partial charge is 0.294 e. The number of hydrogen-bond donors (Lipinski definition) is 0. The number of aryl methyl sites for hydroxylation is 1. The van der Waals surface area contributed by atoms with Crippen molar-refractivity contribution in [1.29, 1.82) is 0 Å². The number of hydrogen-bond acceptors (Lipinski definition) is 5. The van der Waals surface area contributed by atoms with Gasteiger partial charge in [-0.1, -0.05) is 31.5 Å². The molecule has 2 aromatic rings. The van der Waals surface area contributed by atoms with E-state index < -0.39 is 10.0 Å². The quantitative estimate of drug-likeness (QED) is 0.727. The Morgan fingerprint density at radius 1 is 1.07 bits per heavy atom. The van der Waals surface area contributed by atoms with Crippen molar-refractivity contribution < 1.29 is 8.42 Å². The van der Waals surface area contributed by atoms with Gasteiger partial charge in [-0.05, 0) is 43.9 Å². The predicted molar refractivity (Wildman–Crippen MR) is 113 cm³/mol. The maximum absolute atomic E-state index is 13.1. The first-order valence-corrected chi connectivity index (χ1v) is 12.1. The molecule has 2 aliphatic rings. The lowest BCUT2D eigenvalue weighted by Crippen LogP contribution is -2.40. The van der Waals surface area contributed by atoms with E-state index in [-0.39, 0.29) is 6.04 Å². The lowest BCUT2D eigenvalue weighted by molar-refractivity contribution is 0.176. The van der Waals surface area contributed by atoms with Gasteiger partial charge in [0.2, 0.25) is 10.0 Å². The average Bonchev–Trinajstić information content (AvgIpc) is 3.09. The summed E-state index contributed by atoms with van der Waals surface area (Å²) in [6, 6.07) is 9.06. The number of nitrogens with zero attached hydrogens (tertiary/aromatic N) is 4. The molecule has 2 aliphatic heterocycles. The number of aromatic nitrogens is 2. The second-order valence-corrected chi connectivity index (χ2v) is 10.1. The molecule has 2 atom stereocenters. The van der Waals surface area contributed by atoms with Gasteiger partial charge in [-0.25, -0.2) is 18.4 Å². The first-order valence-electron chi connectivity index (χ1n) is 10.7. The zero-order chi connectivity index (χ0) is 20.3. The number of rotatable bonds is 6. The smallest absolute Gasteiger partial charge is 0.243 e. The summed E-state index contributed by atoms with van der Waals surface area (Å²) in [5.41, 5.74) is 1.11. The SMILES string of the molecule is CCCc1ncc(CN2CCCC[C@H]3CN(S(=O)(=O)c4ccccc4)C[C@H]32)cn1. The fraction of sp³-hybridized carbons (Fsp3) is 0.545. The number of sulfonamides is 1. The maximum Gasteiger partial charge on any atom is 0.243 e. The first-order chi connectivity index (χ1) is 14.1. The van der Waals surface area contributed by atoms with Crippen molar-refractivity contribution in [1.82, 2.24) is 19.2 Å². The van der Waals surface area contributed by atoms with Crippen LogP contribution in [0.25, 0.3) is 0 Å². The summed E-state index contributed by atoms with van der Waals surface area (Å²) in [5.74, 6) is 1.28. The molecule has 0 unspecified atom stereocenters. The highest BCUT2D eigenvalue weighted by molar-refractivity contribution is 7.89. The lowest BCUT2D eigenvalue weighted by Gasteiger charge is -2.30. The van der Waals surface area contributed by atoms with Crippen LogP contribution in [0.15, 0.2) is 47.6 Å². The molecule has 3 heterocycles. The van der Waals surface area contributed by atoms with Gasteiger partial charge in [-0.3, -0.25) is 4.90 Å². The fourth-order valence-electron chi connectivity index (χ4n) is 4.58. The van der Waals surface area contributed by atoms with Gasteiger partial charge in [0.15, 0.2) is 0 Å². The molecule has 0 N–H and O–H groups in total. The zero-order valence-corrected chi connectivity index (χ0v) is 17.9. The van der Waals surface area contributed by atoms with Gasteiger partial charge >= 0.3 is 0 Å². The van der Waals surface area contributed by atoms with Crippen LogP contribution in [-0.2, 0) is 23.0 Å². The summed E-state index contributed by atoms with van der Waals surface area (Å²) in [4.78, 5) is 11.8. The molecular weight excluding hydrogens is 384 g/mol. The van der Waals surface area contributed by atoms with Crippen molar-refractivity contribution in [2.75, 3.05) is 19.6 Å². The predicted octanol–water partition coefficient (Wildman–Crippen LogP) is 3.10. The van der Waals surface area contributed by atoms with Crippen LogP contribution < -0.4 is 0 Å². The molecule has 6 nitrogen and oxygen atoms in total. The van der Waals surface area contributed by atoms with Gasteiger partial charge in [0.25, 0.3) is 0 Å². The van der Waals surface area contributed by atoms with Crippen molar-refractivity contribution in [2.45, 2.75) is 56.5 Å². The summed E-state index contributed by atoms with van der Waals surface area (Å²) in [6.07, 6.45) is 9.22. The Morgan fingerprint density at radius 2 is 1.83 bits per heavy atom. The molecular formula is C22H30N4O2S. The van der Waals surface area contributed by atoms with E-state index in [1.165, 1.54) is 0 Å². The maximum atomic E-state index is 13.1. The summed E-state index contributed by atoms with van der Waals surface area (Å²) < 4.78 is 27.9. The Balaban J connectivity index is 1.50. The third kappa shape index (κ3) is 4.52. The van der Waals surface area contributed by atoms with Crippen molar-refractivity contribution in [2.24, 2.45) is 5.92 Å². The molecule has 0 amide bonds. The molecule has 0 bridgehead atoms. The summed E-state index contributed by atoms with van der Waals surface area (Å²) >= 11 is 0. The van der Waals surface area contributed by atoms with Gasteiger partial charge < -0.3 is 0 Å². The zero-order valence-electron chi connectivity index (χ0n) is 17.1. The molecule has 156 valence electrons. The van der Waals surface area contributed by atoms with Crippen molar-refractivity contribution >= 4 is 10.0 Å². The fourth-order valence-corrected chi connectivity index (χ4v) is 6.12. The van der Waals surface area contributed by atoms with E-state index >= 15 is 0 Å². The van der Waals surface area contributed by atoms with Gasteiger partial charge in [0.05, 0.1) is 4.90 Å². The molecule has 1 aromatic heterocycles. The standard InChI is InChI=1S/C22H30N4O2S/c1-2-8-22-23-13-18(14-24-22)15-25-12-7-6-9-19-16-26(17-21(19)25)29(27,28)20-10-4-3-5-11-20/h3-5,10-11,13-14,19,21H,2,6-9,12,15-17H2,1H3/t19-,21+/m0/s1. The third-order valence-electron chi connectivity index (χ3n) is 6.11. The van der Waals surface area contributed by atoms with Crippen LogP contribution in [0, 0.1) is 5.92 Å². The second-order valence-electron chi connectivity index (χ2n) is 8.19. The molecule has 4 rings (SSSR count).